The number of pyridine rings is 1. The Bertz CT molecular complexity index is 1060. The summed E-state index contributed by atoms with van der Waals surface area (Å²) in [4.78, 5) is 29.1. The van der Waals surface area contributed by atoms with Crippen LogP contribution in [0.25, 0.3) is 22.0 Å². The van der Waals surface area contributed by atoms with Crippen LogP contribution in [0.3, 0.4) is 0 Å². The zero-order valence-electron chi connectivity index (χ0n) is 17.7. The van der Waals surface area contributed by atoms with E-state index >= 15 is 0 Å². The molecule has 0 saturated heterocycles. The van der Waals surface area contributed by atoms with E-state index in [0.29, 0.717) is 31.4 Å². The molecule has 156 valence electrons. The number of aliphatic hydroxyl groups is 1. The molecule has 0 bridgehead atoms. The van der Waals surface area contributed by atoms with Crippen LogP contribution >= 0.6 is 0 Å². The van der Waals surface area contributed by atoms with Gasteiger partial charge in [-0.2, -0.15) is 0 Å². The van der Waals surface area contributed by atoms with E-state index in [9.17, 15) is 14.7 Å². The first-order valence-electron chi connectivity index (χ1n) is 10.3. The zero-order chi connectivity index (χ0) is 21.7. The molecule has 0 radical (unpaired) electrons. The van der Waals surface area contributed by atoms with Crippen LogP contribution in [0, 0.1) is 6.92 Å². The number of hydrogen-bond acceptors (Lipinski definition) is 4. The number of aliphatic hydroxyl groups excluding tert-OH is 1. The summed E-state index contributed by atoms with van der Waals surface area (Å²) in [6.07, 6.45) is 1.35. The first-order chi connectivity index (χ1) is 14.4. The molecule has 0 spiro atoms. The van der Waals surface area contributed by atoms with Crippen molar-refractivity contribution in [3.05, 3.63) is 59.8 Å². The maximum absolute atomic E-state index is 12.4. The molecule has 0 aliphatic carbocycles. The number of nitrogens with one attached hydrogen (secondary N) is 1. The van der Waals surface area contributed by atoms with E-state index < -0.39 is 6.10 Å². The molecule has 1 heterocycles. The Labute approximate surface area is 177 Å². The highest BCUT2D eigenvalue weighted by atomic mass is 16.3. The quantitative estimate of drug-likeness (QED) is 0.563. The fourth-order valence-corrected chi connectivity index (χ4v) is 3.65. The molecular weight excluding hydrogens is 376 g/mol. The van der Waals surface area contributed by atoms with Crippen LogP contribution in [-0.2, 0) is 16.0 Å². The number of anilines is 1. The van der Waals surface area contributed by atoms with Gasteiger partial charge in [0.2, 0.25) is 5.91 Å². The number of fused-ring (bicyclic) bond motifs is 1. The number of ketones is 1. The highest BCUT2D eigenvalue weighted by Crippen LogP contribution is 2.36. The van der Waals surface area contributed by atoms with Gasteiger partial charge in [-0.15, -0.1) is 0 Å². The number of Topliss-reactive ketones (excluding diaryl/α,β-unsaturated/α-hetero) is 1. The summed E-state index contributed by atoms with van der Waals surface area (Å²) < 4.78 is 0. The molecule has 2 aromatic carbocycles. The Kier molecular flexibility index (Phi) is 6.95. The zero-order valence-corrected chi connectivity index (χ0v) is 17.7. The molecule has 1 aromatic heterocycles. The van der Waals surface area contributed by atoms with Crippen LogP contribution in [-0.4, -0.2) is 27.9 Å². The lowest BCUT2D eigenvalue weighted by atomic mass is 9.96. The summed E-state index contributed by atoms with van der Waals surface area (Å²) in [5, 5.41) is 13.5. The van der Waals surface area contributed by atoms with E-state index in [-0.39, 0.29) is 11.7 Å². The van der Waals surface area contributed by atoms with Crippen LogP contribution < -0.4 is 5.32 Å². The van der Waals surface area contributed by atoms with Crippen molar-refractivity contribution in [3.63, 3.8) is 0 Å². The highest BCUT2D eigenvalue weighted by molar-refractivity contribution is 6.07. The van der Waals surface area contributed by atoms with Crippen molar-refractivity contribution in [2.24, 2.45) is 0 Å². The van der Waals surface area contributed by atoms with Crippen LogP contribution in [0.2, 0.25) is 0 Å². The molecule has 0 aliphatic heterocycles. The number of aromatic nitrogens is 1. The average Bonchev–Trinajstić information content (AvgIpc) is 2.72. The second-order valence-corrected chi connectivity index (χ2v) is 7.66. The lowest BCUT2D eigenvalue weighted by Crippen LogP contribution is -2.11. The van der Waals surface area contributed by atoms with Gasteiger partial charge in [-0.25, -0.2) is 0 Å². The largest absolute Gasteiger partial charge is 0.393 e. The van der Waals surface area contributed by atoms with E-state index in [1.165, 1.54) is 6.92 Å². The first-order valence-corrected chi connectivity index (χ1v) is 10.3. The maximum Gasteiger partial charge on any atom is 0.221 e. The van der Waals surface area contributed by atoms with Crippen LogP contribution in [0.15, 0.2) is 48.5 Å². The molecule has 0 aliphatic rings. The van der Waals surface area contributed by atoms with Gasteiger partial charge in [0.25, 0.3) is 0 Å². The Hall–Kier alpha value is -3.05. The fourth-order valence-electron chi connectivity index (χ4n) is 3.65. The molecule has 3 rings (SSSR count). The third kappa shape index (κ3) is 5.10. The van der Waals surface area contributed by atoms with E-state index in [4.69, 9.17) is 4.98 Å². The average molecular weight is 405 g/mol. The Morgan fingerprint density at radius 1 is 1.13 bits per heavy atom. The van der Waals surface area contributed by atoms with E-state index in [1.54, 1.807) is 0 Å². The molecule has 5 nitrogen and oxygen atoms in total. The standard InChI is InChI=1S/C25H28N2O3/c1-4-20(29)11-12-21(30)14-18-10-13-23-22(15-18)25(27-17(3)28)24(16(2)26-23)19-8-6-5-7-9-19/h5-10,13,15,20,29H,4,11-12,14H2,1-3H3,(H,26,27,28). The molecule has 0 saturated carbocycles. The molecule has 2 N–H and O–H groups in total. The second kappa shape index (κ2) is 9.63. The summed E-state index contributed by atoms with van der Waals surface area (Å²) in [7, 11) is 0. The summed E-state index contributed by atoms with van der Waals surface area (Å²) in [5.74, 6) is -0.0691. The molecule has 5 heteroatoms. The van der Waals surface area contributed by atoms with Gasteiger partial charge in [0, 0.05) is 36.4 Å². The minimum absolute atomic E-state index is 0.0891. The van der Waals surface area contributed by atoms with Gasteiger partial charge in [-0.05, 0) is 43.0 Å². The van der Waals surface area contributed by atoms with Gasteiger partial charge in [0.15, 0.2) is 0 Å². The highest BCUT2D eigenvalue weighted by Gasteiger charge is 2.17. The molecule has 0 fully saturated rings. The van der Waals surface area contributed by atoms with Crippen molar-refractivity contribution in [3.8, 4) is 11.1 Å². The van der Waals surface area contributed by atoms with Gasteiger partial charge >= 0.3 is 0 Å². The lowest BCUT2D eigenvalue weighted by molar-refractivity contribution is -0.119. The number of aryl methyl sites for hydroxylation is 1. The monoisotopic (exact) mass is 404 g/mol. The van der Waals surface area contributed by atoms with Crippen molar-refractivity contribution in [2.75, 3.05) is 5.32 Å². The summed E-state index contributed by atoms with van der Waals surface area (Å²) in [6, 6.07) is 15.6. The summed E-state index contributed by atoms with van der Waals surface area (Å²) >= 11 is 0. The number of nitrogens with zero attached hydrogens (tertiary/aromatic N) is 1. The minimum Gasteiger partial charge on any atom is -0.393 e. The smallest absolute Gasteiger partial charge is 0.221 e. The van der Waals surface area contributed by atoms with E-state index in [2.05, 4.69) is 5.32 Å². The van der Waals surface area contributed by atoms with Crippen LogP contribution in [0.4, 0.5) is 5.69 Å². The molecule has 30 heavy (non-hydrogen) atoms. The number of amides is 1. The predicted molar refractivity (Wildman–Crippen MR) is 120 cm³/mol. The van der Waals surface area contributed by atoms with Crippen molar-refractivity contribution < 1.29 is 14.7 Å². The third-order valence-electron chi connectivity index (χ3n) is 5.22. The molecule has 1 atom stereocenters. The molecule has 1 amide bonds. The van der Waals surface area contributed by atoms with Gasteiger partial charge in [-0.1, -0.05) is 43.3 Å². The summed E-state index contributed by atoms with van der Waals surface area (Å²) in [5.41, 5.74) is 5.04. The van der Waals surface area contributed by atoms with Crippen LogP contribution in [0.5, 0.6) is 0 Å². The second-order valence-electron chi connectivity index (χ2n) is 7.66. The Morgan fingerprint density at radius 3 is 2.53 bits per heavy atom. The Morgan fingerprint density at radius 2 is 1.87 bits per heavy atom. The first kappa shape index (κ1) is 21.7. The third-order valence-corrected chi connectivity index (χ3v) is 5.22. The van der Waals surface area contributed by atoms with E-state index in [0.717, 1.165) is 33.3 Å². The number of rotatable bonds is 8. The number of carbonyl (C=O) groups is 2. The topological polar surface area (TPSA) is 79.3 Å². The van der Waals surface area contributed by atoms with Gasteiger partial charge in [-0.3, -0.25) is 14.6 Å². The number of carbonyl (C=O) groups excluding carboxylic acids is 2. The maximum atomic E-state index is 12.4. The van der Waals surface area contributed by atoms with Crippen LogP contribution in [0.1, 0.15) is 44.4 Å². The SMILES string of the molecule is CCC(O)CCC(=O)Cc1ccc2nc(C)c(-c3ccccc3)c(NC(C)=O)c2c1. The van der Waals surface area contributed by atoms with Gasteiger partial charge < -0.3 is 10.4 Å². The fraction of sp³-hybridized carbons (Fsp3) is 0.320. The minimum atomic E-state index is -0.433. The normalized spacial score (nSPS) is 12.0. The predicted octanol–water partition coefficient (Wildman–Crippen LogP) is 4.83. The van der Waals surface area contributed by atoms with Crippen molar-refractivity contribution >= 4 is 28.3 Å². The molecular formula is C25H28N2O3. The van der Waals surface area contributed by atoms with Gasteiger partial charge in [0.05, 0.1) is 17.3 Å². The van der Waals surface area contributed by atoms with Crippen molar-refractivity contribution in [1.82, 2.24) is 4.98 Å². The molecule has 3 aromatic rings. The molecule has 1 unspecified atom stereocenters. The van der Waals surface area contributed by atoms with Crippen molar-refractivity contribution in [2.45, 2.75) is 52.6 Å². The van der Waals surface area contributed by atoms with E-state index in [1.807, 2.05) is 62.4 Å². The Balaban J connectivity index is 2.03. The number of benzene rings is 2. The summed E-state index contributed by atoms with van der Waals surface area (Å²) in [6.45, 7) is 5.33. The van der Waals surface area contributed by atoms with Gasteiger partial charge in [0.1, 0.15) is 5.78 Å². The van der Waals surface area contributed by atoms with Crippen molar-refractivity contribution in [1.29, 1.82) is 0 Å². The lowest BCUT2D eigenvalue weighted by Gasteiger charge is -2.17. The number of hydrogen-bond donors (Lipinski definition) is 2.